The first-order valence-electron chi connectivity index (χ1n) is 6.65. The molecular weight excluding hydrogens is 373 g/mol. The van der Waals surface area contributed by atoms with Gasteiger partial charge in [0.2, 0.25) is 5.88 Å². The standard InChI is InChI=1S/C9H12IN3OS.C4H10/c1-7-2-11-13-5-9(6-14-8(7)13)3-12(4-9)15-10;1-4(2)3/h2H,3-6H2,1H3;4H,1-3H3. The fraction of sp³-hybridized carbons (Fsp3) is 0.769. The highest BCUT2D eigenvalue weighted by Gasteiger charge is 2.47. The molecular formula is C13H22IN3OS. The molecule has 0 amide bonds. The van der Waals surface area contributed by atoms with E-state index in [1.54, 1.807) is 9.12 Å². The first kappa shape index (κ1) is 15.4. The van der Waals surface area contributed by atoms with Crippen molar-refractivity contribution in [3.8, 4) is 5.88 Å². The zero-order valence-electron chi connectivity index (χ0n) is 12.0. The minimum atomic E-state index is 0.309. The highest BCUT2D eigenvalue weighted by atomic mass is 127. The van der Waals surface area contributed by atoms with Crippen LogP contribution in [0.15, 0.2) is 6.20 Å². The van der Waals surface area contributed by atoms with Crippen LogP contribution in [0.2, 0.25) is 0 Å². The van der Waals surface area contributed by atoms with Crippen LogP contribution in [0.4, 0.5) is 0 Å². The molecule has 1 spiro atoms. The first-order chi connectivity index (χ1) is 8.96. The van der Waals surface area contributed by atoms with Crippen LogP contribution < -0.4 is 4.74 Å². The van der Waals surface area contributed by atoms with Gasteiger partial charge in [0.15, 0.2) is 0 Å². The summed E-state index contributed by atoms with van der Waals surface area (Å²) in [6.07, 6.45) is 1.89. The second kappa shape index (κ2) is 6.22. The summed E-state index contributed by atoms with van der Waals surface area (Å²) in [5, 5.41) is 4.35. The molecule has 0 N–H and O–H groups in total. The Morgan fingerprint density at radius 1 is 1.37 bits per heavy atom. The molecule has 1 saturated heterocycles. The average Bonchev–Trinajstić information content (AvgIpc) is 2.66. The summed E-state index contributed by atoms with van der Waals surface area (Å²) in [7, 11) is 1.78. The molecule has 6 heteroatoms. The average molecular weight is 395 g/mol. The quantitative estimate of drug-likeness (QED) is 0.538. The Hall–Kier alpha value is 0.0500. The summed E-state index contributed by atoms with van der Waals surface area (Å²) in [5.41, 5.74) is 1.45. The molecule has 3 heterocycles. The van der Waals surface area contributed by atoms with E-state index in [4.69, 9.17) is 4.74 Å². The lowest BCUT2D eigenvalue weighted by Gasteiger charge is -2.49. The van der Waals surface area contributed by atoms with Gasteiger partial charge in [0, 0.05) is 39.9 Å². The number of rotatable bonds is 1. The number of hydrogen-bond donors (Lipinski definition) is 0. The predicted octanol–water partition coefficient (Wildman–Crippen LogP) is 3.55. The summed E-state index contributed by atoms with van der Waals surface area (Å²) in [6.45, 7) is 12.6. The number of fused-ring (bicyclic) bond motifs is 1. The van der Waals surface area contributed by atoms with E-state index in [1.165, 1.54) is 0 Å². The highest BCUT2D eigenvalue weighted by Crippen LogP contribution is 2.42. The van der Waals surface area contributed by atoms with E-state index in [9.17, 15) is 0 Å². The molecule has 1 fully saturated rings. The van der Waals surface area contributed by atoms with E-state index < -0.39 is 0 Å². The normalized spacial score (nSPS) is 20.3. The lowest BCUT2D eigenvalue weighted by atomic mass is 9.82. The van der Waals surface area contributed by atoms with Crippen LogP contribution in [-0.2, 0) is 6.54 Å². The fourth-order valence-corrected chi connectivity index (χ4v) is 3.78. The van der Waals surface area contributed by atoms with Gasteiger partial charge in [0.05, 0.1) is 24.8 Å². The molecule has 0 unspecified atom stereocenters. The van der Waals surface area contributed by atoms with Crippen molar-refractivity contribution in [3.63, 3.8) is 0 Å². The van der Waals surface area contributed by atoms with Crippen molar-refractivity contribution in [2.75, 3.05) is 19.7 Å². The molecule has 108 valence electrons. The van der Waals surface area contributed by atoms with Crippen molar-refractivity contribution in [2.24, 2.45) is 11.3 Å². The minimum Gasteiger partial charge on any atom is -0.477 e. The topological polar surface area (TPSA) is 30.3 Å². The van der Waals surface area contributed by atoms with E-state index in [0.717, 1.165) is 43.6 Å². The number of ether oxygens (including phenoxy) is 1. The van der Waals surface area contributed by atoms with Crippen LogP contribution >= 0.6 is 30.3 Å². The number of nitrogens with zero attached hydrogens (tertiary/aromatic N) is 3. The van der Waals surface area contributed by atoms with Crippen molar-refractivity contribution in [3.05, 3.63) is 11.8 Å². The molecule has 2 aliphatic heterocycles. The van der Waals surface area contributed by atoms with Gasteiger partial charge < -0.3 is 4.74 Å². The van der Waals surface area contributed by atoms with Gasteiger partial charge in [0.1, 0.15) is 0 Å². The van der Waals surface area contributed by atoms with Crippen molar-refractivity contribution < 1.29 is 4.74 Å². The smallest absolute Gasteiger partial charge is 0.214 e. The van der Waals surface area contributed by atoms with Gasteiger partial charge in [0.25, 0.3) is 0 Å². The fourth-order valence-electron chi connectivity index (χ4n) is 2.30. The maximum atomic E-state index is 5.81. The Balaban J connectivity index is 0.000000297. The number of halogens is 1. The second-order valence-corrected chi connectivity index (χ2v) is 8.01. The van der Waals surface area contributed by atoms with E-state index >= 15 is 0 Å². The third-order valence-corrected chi connectivity index (χ3v) is 5.21. The molecule has 1 aromatic heterocycles. The monoisotopic (exact) mass is 395 g/mol. The molecule has 0 aromatic carbocycles. The minimum absolute atomic E-state index is 0.309. The van der Waals surface area contributed by atoms with Crippen LogP contribution in [-0.4, -0.2) is 33.8 Å². The highest BCUT2D eigenvalue weighted by molar-refractivity contribution is 14.2. The van der Waals surface area contributed by atoms with Crippen LogP contribution in [0.1, 0.15) is 26.3 Å². The summed E-state index contributed by atoms with van der Waals surface area (Å²) >= 11 is 2.33. The SMILES string of the molecule is CC(C)C.Cc1cnn2c1OCC1(CN(SI)C1)C2. The number of aromatic nitrogens is 2. The Morgan fingerprint density at radius 3 is 2.58 bits per heavy atom. The molecule has 19 heavy (non-hydrogen) atoms. The molecule has 0 bridgehead atoms. The zero-order chi connectivity index (χ0) is 14.0. The second-order valence-electron chi connectivity index (χ2n) is 6.18. The van der Waals surface area contributed by atoms with E-state index in [-0.39, 0.29) is 0 Å². The summed E-state index contributed by atoms with van der Waals surface area (Å²) in [6, 6.07) is 0. The van der Waals surface area contributed by atoms with Gasteiger partial charge in [-0.15, -0.1) is 0 Å². The maximum absolute atomic E-state index is 5.81. The Labute approximate surface area is 132 Å². The molecule has 2 aliphatic rings. The molecule has 0 radical (unpaired) electrons. The van der Waals surface area contributed by atoms with Crippen LogP contribution in [0.3, 0.4) is 0 Å². The van der Waals surface area contributed by atoms with Crippen molar-refractivity contribution in [1.29, 1.82) is 0 Å². The van der Waals surface area contributed by atoms with Gasteiger partial charge in [-0.1, -0.05) is 20.8 Å². The molecule has 3 rings (SSSR count). The van der Waals surface area contributed by atoms with Gasteiger partial charge in [-0.3, -0.25) is 0 Å². The summed E-state index contributed by atoms with van der Waals surface area (Å²) in [4.78, 5) is 0. The maximum Gasteiger partial charge on any atom is 0.214 e. The number of hydrogen-bond acceptors (Lipinski definition) is 4. The number of aryl methyl sites for hydroxylation is 1. The van der Waals surface area contributed by atoms with Crippen LogP contribution in [0.25, 0.3) is 0 Å². The molecule has 0 saturated carbocycles. The lowest BCUT2D eigenvalue weighted by Crippen LogP contribution is -2.59. The van der Waals surface area contributed by atoms with Crippen molar-refractivity contribution >= 4 is 30.3 Å². The Morgan fingerprint density at radius 2 is 2.00 bits per heavy atom. The van der Waals surface area contributed by atoms with E-state index in [0.29, 0.717) is 5.41 Å². The molecule has 0 atom stereocenters. The Bertz CT molecular complexity index is 427. The van der Waals surface area contributed by atoms with Gasteiger partial charge in [-0.25, -0.2) is 8.99 Å². The predicted molar refractivity (Wildman–Crippen MR) is 88.6 cm³/mol. The summed E-state index contributed by atoms with van der Waals surface area (Å²) < 4.78 is 10.2. The van der Waals surface area contributed by atoms with Crippen molar-refractivity contribution in [1.82, 2.24) is 14.1 Å². The third kappa shape index (κ3) is 3.58. The Kier molecular flexibility index (Phi) is 5.05. The first-order valence-corrected chi connectivity index (χ1v) is 9.96. The van der Waals surface area contributed by atoms with Gasteiger partial charge in [-0.2, -0.15) is 5.10 Å². The molecule has 4 nitrogen and oxygen atoms in total. The lowest BCUT2D eigenvalue weighted by molar-refractivity contribution is -0.0207. The molecule has 0 aliphatic carbocycles. The zero-order valence-corrected chi connectivity index (χ0v) is 15.0. The van der Waals surface area contributed by atoms with Gasteiger partial charge >= 0.3 is 0 Å². The van der Waals surface area contributed by atoms with Crippen LogP contribution in [0.5, 0.6) is 5.88 Å². The van der Waals surface area contributed by atoms with Crippen molar-refractivity contribution in [2.45, 2.75) is 34.2 Å². The van der Waals surface area contributed by atoms with E-state index in [2.05, 4.69) is 51.4 Å². The summed E-state index contributed by atoms with van der Waals surface area (Å²) in [5.74, 6) is 1.79. The van der Waals surface area contributed by atoms with Gasteiger partial charge in [-0.05, 0) is 22.0 Å². The van der Waals surface area contributed by atoms with E-state index in [1.807, 2.05) is 17.8 Å². The molecule has 1 aromatic rings. The third-order valence-electron chi connectivity index (χ3n) is 3.08. The largest absolute Gasteiger partial charge is 0.477 e. The van der Waals surface area contributed by atoms with Crippen LogP contribution in [0, 0.1) is 18.3 Å².